The summed E-state index contributed by atoms with van der Waals surface area (Å²) in [4.78, 5) is 14.9. The molecule has 0 aliphatic carbocycles. The van der Waals surface area contributed by atoms with E-state index < -0.39 is 5.97 Å². The van der Waals surface area contributed by atoms with Crippen LogP contribution >= 0.6 is 0 Å². The van der Waals surface area contributed by atoms with Crippen LogP contribution in [-0.4, -0.2) is 22.6 Å². The van der Waals surface area contributed by atoms with Gasteiger partial charge in [0.15, 0.2) is 0 Å². The second-order valence-electron chi connectivity index (χ2n) is 3.46. The molecule has 0 saturated heterocycles. The van der Waals surface area contributed by atoms with Crippen LogP contribution in [0.3, 0.4) is 0 Å². The van der Waals surface area contributed by atoms with Crippen molar-refractivity contribution in [3.8, 4) is 0 Å². The van der Waals surface area contributed by atoms with Crippen molar-refractivity contribution < 1.29 is 9.90 Å². The zero-order valence-corrected chi connectivity index (χ0v) is 9.08. The normalized spacial score (nSPS) is 10.0. The van der Waals surface area contributed by atoms with Crippen LogP contribution < -0.4 is 5.32 Å². The number of hydrogen-bond acceptors (Lipinski definition) is 3. The van der Waals surface area contributed by atoms with Gasteiger partial charge >= 0.3 is 5.97 Å². The van der Waals surface area contributed by atoms with E-state index in [1.165, 1.54) is 6.20 Å². The summed E-state index contributed by atoms with van der Waals surface area (Å²) in [5, 5.41) is 12.0. The summed E-state index contributed by atoms with van der Waals surface area (Å²) in [5.74, 6) is -0.943. The highest BCUT2D eigenvalue weighted by Crippen LogP contribution is 2.15. The standard InChI is InChI=1S/C11H16N2O2/c1-3-4-5-12-10-6-8(2)13-7-9(10)11(14)15/h6-7H,3-5H2,1-2H3,(H,12,13)(H,14,15). The SMILES string of the molecule is CCCCNc1cc(C)ncc1C(=O)O. The van der Waals surface area contributed by atoms with Gasteiger partial charge in [-0.25, -0.2) is 4.79 Å². The summed E-state index contributed by atoms with van der Waals surface area (Å²) in [6, 6.07) is 1.76. The zero-order chi connectivity index (χ0) is 11.3. The molecule has 4 nitrogen and oxygen atoms in total. The summed E-state index contributed by atoms with van der Waals surface area (Å²) in [6.45, 7) is 4.73. The predicted molar refractivity (Wildman–Crippen MR) is 59.3 cm³/mol. The molecule has 1 aromatic heterocycles. The zero-order valence-electron chi connectivity index (χ0n) is 9.08. The van der Waals surface area contributed by atoms with Crippen LogP contribution in [0, 0.1) is 6.92 Å². The van der Waals surface area contributed by atoms with Crippen LogP contribution in [0.1, 0.15) is 35.8 Å². The number of carboxylic acids is 1. The Morgan fingerprint density at radius 3 is 2.93 bits per heavy atom. The number of nitrogens with one attached hydrogen (secondary N) is 1. The van der Waals surface area contributed by atoms with E-state index in [9.17, 15) is 4.79 Å². The summed E-state index contributed by atoms with van der Waals surface area (Å²) < 4.78 is 0. The molecule has 1 rings (SSSR count). The third kappa shape index (κ3) is 3.23. The predicted octanol–water partition coefficient (Wildman–Crippen LogP) is 2.30. The van der Waals surface area contributed by atoms with Crippen LogP contribution in [-0.2, 0) is 0 Å². The minimum atomic E-state index is -0.943. The topological polar surface area (TPSA) is 62.2 Å². The fourth-order valence-electron chi connectivity index (χ4n) is 1.28. The molecular weight excluding hydrogens is 192 g/mol. The molecule has 0 spiro atoms. The average molecular weight is 208 g/mol. The van der Waals surface area contributed by atoms with Gasteiger partial charge in [-0.3, -0.25) is 4.98 Å². The van der Waals surface area contributed by atoms with E-state index in [4.69, 9.17) is 5.11 Å². The minimum Gasteiger partial charge on any atom is -0.478 e. The third-order valence-electron chi connectivity index (χ3n) is 2.12. The van der Waals surface area contributed by atoms with Crippen molar-refractivity contribution in [1.82, 2.24) is 4.98 Å². The van der Waals surface area contributed by atoms with E-state index in [1.54, 1.807) is 6.07 Å². The van der Waals surface area contributed by atoms with Crippen molar-refractivity contribution in [3.05, 3.63) is 23.5 Å². The highest BCUT2D eigenvalue weighted by atomic mass is 16.4. The maximum Gasteiger partial charge on any atom is 0.339 e. The fraction of sp³-hybridized carbons (Fsp3) is 0.455. The van der Waals surface area contributed by atoms with Gasteiger partial charge in [0.05, 0.1) is 5.69 Å². The highest BCUT2D eigenvalue weighted by Gasteiger charge is 2.09. The summed E-state index contributed by atoms with van der Waals surface area (Å²) in [5.41, 5.74) is 1.71. The van der Waals surface area contributed by atoms with E-state index in [0.717, 1.165) is 25.1 Å². The lowest BCUT2D eigenvalue weighted by atomic mass is 10.2. The Bertz CT molecular complexity index is 350. The first-order chi connectivity index (χ1) is 7.15. The largest absolute Gasteiger partial charge is 0.478 e. The van der Waals surface area contributed by atoms with Crippen molar-refractivity contribution in [2.24, 2.45) is 0 Å². The van der Waals surface area contributed by atoms with Crippen LogP contribution in [0.25, 0.3) is 0 Å². The number of unbranched alkanes of at least 4 members (excludes halogenated alkanes) is 1. The van der Waals surface area contributed by atoms with Gasteiger partial charge in [0.2, 0.25) is 0 Å². The number of hydrogen-bond donors (Lipinski definition) is 2. The van der Waals surface area contributed by atoms with E-state index in [2.05, 4.69) is 17.2 Å². The van der Waals surface area contributed by atoms with Crippen molar-refractivity contribution in [2.45, 2.75) is 26.7 Å². The first kappa shape index (κ1) is 11.5. The Hall–Kier alpha value is -1.58. The molecule has 1 heterocycles. The van der Waals surface area contributed by atoms with E-state index >= 15 is 0 Å². The molecule has 0 fully saturated rings. The first-order valence-electron chi connectivity index (χ1n) is 5.09. The molecule has 0 aliphatic rings. The Labute approximate surface area is 89.3 Å². The van der Waals surface area contributed by atoms with Gasteiger partial charge in [0.1, 0.15) is 5.56 Å². The van der Waals surface area contributed by atoms with Crippen LogP contribution in [0.4, 0.5) is 5.69 Å². The lowest BCUT2D eigenvalue weighted by Crippen LogP contribution is -2.08. The van der Waals surface area contributed by atoms with Crippen molar-refractivity contribution in [1.29, 1.82) is 0 Å². The monoisotopic (exact) mass is 208 g/mol. The Balaban J connectivity index is 2.82. The first-order valence-corrected chi connectivity index (χ1v) is 5.09. The van der Waals surface area contributed by atoms with Gasteiger partial charge in [-0.1, -0.05) is 13.3 Å². The molecule has 0 unspecified atom stereocenters. The molecule has 0 radical (unpaired) electrons. The van der Waals surface area contributed by atoms with Gasteiger partial charge in [0, 0.05) is 18.4 Å². The molecule has 82 valence electrons. The maximum atomic E-state index is 10.9. The van der Waals surface area contributed by atoms with Crippen molar-refractivity contribution >= 4 is 11.7 Å². The second kappa shape index (κ2) is 5.34. The molecule has 2 N–H and O–H groups in total. The number of aryl methyl sites for hydroxylation is 1. The second-order valence-corrected chi connectivity index (χ2v) is 3.46. The lowest BCUT2D eigenvalue weighted by Gasteiger charge is -2.09. The van der Waals surface area contributed by atoms with Crippen LogP contribution in [0.15, 0.2) is 12.3 Å². The average Bonchev–Trinajstić information content (AvgIpc) is 2.18. The lowest BCUT2D eigenvalue weighted by molar-refractivity contribution is 0.0697. The molecule has 0 saturated carbocycles. The Morgan fingerprint density at radius 1 is 1.60 bits per heavy atom. The van der Waals surface area contributed by atoms with Gasteiger partial charge in [0.25, 0.3) is 0 Å². The number of nitrogens with zero attached hydrogens (tertiary/aromatic N) is 1. The molecule has 15 heavy (non-hydrogen) atoms. The number of anilines is 1. The third-order valence-corrected chi connectivity index (χ3v) is 2.12. The van der Waals surface area contributed by atoms with Gasteiger partial charge in [-0.15, -0.1) is 0 Å². The smallest absolute Gasteiger partial charge is 0.339 e. The van der Waals surface area contributed by atoms with E-state index in [-0.39, 0.29) is 5.56 Å². The van der Waals surface area contributed by atoms with Gasteiger partial charge < -0.3 is 10.4 Å². The number of carbonyl (C=O) groups is 1. The molecule has 0 aromatic carbocycles. The number of pyridine rings is 1. The number of aromatic carboxylic acids is 1. The summed E-state index contributed by atoms with van der Waals surface area (Å²) in [6.07, 6.45) is 3.51. The fourth-order valence-corrected chi connectivity index (χ4v) is 1.28. The van der Waals surface area contributed by atoms with E-state index in [1.807, 2.05) is 6.92 Å². The van der Waals surface area contributed by atoms with Crippen LogP contribution in [0.2, 0.25) is 0 Å². The minimum absolute atomic E-state index is 0.233. The maximum absolute atomic E-state index is 10.9. The number of carboxylic acid groups (broad SMARTS) is 1. The highest BCUT2D eigenvalue weighted by molar-refractivity contribution is 5.93. The van der Waals surface area contributed by atoms with Crippen molar-refractivity contribution in [3.63, 3.8) is 0 Å². The number of aromatic nitrogens is 1. The molecule has 0 bridgehead atoms. The van der Waals surface area contributed by atoms with Gasteiger partial charge in [-0.05, 0) is 19.4 Å². The summed E-state index contributed by atoms with van der Waals surface area (Å²) in [7, 11) is 0. The molecule has 4 heteroatoms. The summed E-state index contributed by atoms with van der Waals surface area (Å²) >= 11 is 0. The molecule has 0 aliphatic heterocycles. The van der Waals surface area contributed by atoms with E-state index in [0.29, 0.717) is 5.69 Å². The quantitative estimate of drug-likeness (QED) is 0.729. The van der Waals surface area contributed by atoms with Crippen molar-refractivity contribution in [2.75, 3.05) is 11.9 Å². The Kier molecular flexibility index (Phi) is 4.09. The Morgan fingerprint density at radius 2 is 2.33 bits per heavy atom. The van der Waals surface area contributed by atoms with Gasteiger partial charge in [-0.2, -0.15) is 0 Å². The molecular formula is C11H16N2O2. The molecule has 0 atom stereocenters. The number of rotatable bonds is 5. The van der Waals surface area contributed by atoms with Crippen LogP contribution in [0.5, 0.6) is 0 Å². The molecule has 1 aromatic rings. The molecule has 0 amide bonds.